The van der Waals surface area contributed by atoms with E-state index in [2.05, 4.69) is 26.0 Å². The Balaban J connectivity index is 3.06. The van der Waals surface area contributed by atoms with Crippen molar-refractivity contribution < 1.29 is 0 Å². The Hall–Kier alpha value is -0.260. The first-order valence-electron chi connectivity index (χ1n) is 16.1. The summed E-state index contributed by atoms with van der Waals surface area (Å²) in [6.45, 7) is 4.61. The molecular formula is C33H66. The second-order valence-electron chi connectivity index (χ2n) is 10.9. The molecule has 33 heavy (non-hydrogen) atoms. The quantitative estimate of drug-likeness (QED) is 0.0765. The highest BCUT2D eigenvalue weighted by atomic mass is 14.0. The Kier molecular flexibility index (Phi) is 31.5. The largest absolute Gasteiger partial charge is 0.0885 e. The molecule has 0 aromatic rings. The number of hydrogen-bond acceptors (Lipinski definition) is 0. The molecule has 198 valence electrons. The van der Waals surface area contributed by atoms with E-state index in [9.17, 15) is 0 Å². The Morgan fingerprint density at radius 1 is 0.242 bits per heavy atom. The van der Waals surface area contributed by atoms with E-state index in [1.165, 1.54) is 186 Å². The number of hydrogen-bond donors (Lipinski definition) is 0. The normalized spacial score (nSPS) is 11.7. The molecule has 0 aromatic heterocycles. The van der Waals surface area contributed by atoms with Crippen LogP contribution >= 0.6 is 0 Å². The van der Waals surface area contributed by atoms with Crippen LogP contribution in [0.2, 0.25) is 0 Å². The molecule has 0 nitrogen and oxygen atoms in total. The zero-order chi connectivity index (χ0) is 23.9. The van der Waals surface area contributed by atoms with Crippen molar-refractivity contribution in [2.75, 3.05) is 0 Å². The molecule has 0 heterocycles. The van der Waals surface area contributed by atoms with Crippen LogP contribution < -0.4 is 0 Å². The van der Waals surface area contributed by atoms with Gasteiger partial charge in [-0.3, -0.25) is 0 Å². The fourth-order valence-electron chi connectivity index (χ4n) is 4.97. The molecule has 0 aromatic carbocycles. The average molecular weight is 463 g/mol. The molecule has 0 atom stereocenters. The van der Waals surface area contributed by atoms with Gasteiger partial charge in [0.2, 0.25) is 0 Å². The standard InChI is InChI=1S/C33H66/c1-3-5-7-9-11-13-15-17-19-21-23-25-27-29-31-33-32-30-28-26-24-22-20-18-16-14-12-10-8-6-4-2/h31,33H,3-30,32H2,1-2H3. The van der Waals surface area contributed by atoms with Crippen molar-refractivity contribution in [2.45, 2.75) is 200 Å². The maximum Gasteiger partial charge on any atom is -0.0351 e. The summed E-state index contributed by atoms with van der Waals surface area (Å²) in [7, 11) is 0. The Labute approximate surface area is 212 Å². The predicted molar refractivity (Wildman–Crippen MR) is 154 cm³/mol. The van der Waals surface area contributed by atoms with Gasteiger partial charge in [-0.05, 0) is 25.7 Å². The van der Waals surface area contributed by atoms with Gasteiger partial charge in [-0.2, -0.15) is 0 Å². The van der Waals surface area contributed by atoms with Crippen molar-refractivity contribution in [1.29, 1.82) is 0 Å². The van der Waals surface area contributed by atoms with Gasteiger partial charge in [0.15, 0.2) is 0 Å². The summed E-state index contributed by atoms with van der Waals surface area (Å²) in [6.07, 6.45) is 46.9. The van der Waals surface area contributed by atoms with Gasteiger partial charge in [0.25, 0.3) is 0 Å². The van der Waals surface area contributed by atoms with Crippen molar-refractivity contribution in [1.82, 2.24) is 0 Å². The van der Waals surface area contributed by atoms with E-state index in [1.807, 2.05) is 0 Å². The third-order valence-electron chi connectivity index (χ3n) is 7.37. The molecule has 0 bridgehead atoms. The van der Waals surface area contributed by atoms with Crippen LogP contribution in [0.5, 0.6) is 0 Å². The van der Waals surface area contributed by atoms with E-state index < -0.39 is 0 Å². The first kappa shape index (κ1) is 32.7. The Morgan fingerprint density at radius 2 is 0.424 bits per heavy atom. The topological polar surface area (TPSA) is 0 Å². The second kappa shape index (κ2) is 31.7. The van der Waals surface area contributed by atoms with Gasteiger partial charge in [-0.15, -0.1) is 0 Å². The van der Waals surface area contributed by atoms with E-state index in [4.69, 9.17) is 0 Å². The molecular weight excluding hydrogens is 396 g/mol. The summed E-state index contributed by atoms with van der Waals surface area (Å²) in [6, 6.07) is 0. The molecule has 0 unspecified atom stereocenters. The SMILES string of the molecule is CCCCCCCCCCCCCCCC=CCCCCCCCCCCCCCCCC. The third-order valence-corrected chi connectivity index (χ3v) is 7.37. The molecule has 0 N–H and O–H groups in total. The van der Waals surface area contributed by atoms with Gasteiger partial charge in [-0.1, -0.05) is 187 Å². The molecule has 0 aliphatic carbocycles. The first-order chi connectivity index (χ1) is 16.4. The van der Waals surface area contributed by atoms with Gasteiger partial charge in [0.05, 0.1) is 0 Å². The lowest BCUT2D eigenvalue weighted by atomic mass is 10.0. The number of allylic oxidation sites excluding steroid dienone is 2. The molecule has 0 aliphatic rings. The maximum absolute atomic E-state index is 2.46. The minimum atomic E-state index is 1.32. The lowest BCUT2D eigenvalue weighted by Crippen LogP contribution is -1.83. The molecule has 0 heteroatoms. The zero-order valence-electron chi connectivity index (χ0n) is 23.7. The van der Waals surface area contributed by atoms with Gasteiger partial charge >= 0.3 is 0 Å². The van der Waals surface area contributed by atoms with Crippen LogP contribution in [0.3, 0.4) is 0 Å². The highest BCUT2D eigenvalue weighted by Gasteiger charge is 1.95. The smallest absolute Gasteiger partial charge is 0.0351 e. The van der Waals surface area contributed by atoms with Crippen molar-refractivity contribution >= 4 is 0 Å². The molecule has 0 aliphatic heterocycles. The van der Waals surface area contributed by atoms with Crippen molar-refractivity contribution in [3.63, 3.8) is 0 Å². The summed E-state index contributed by atoms with van der Waals surface area (Å²) < 4.78 is 0. The van der Waals surface area contributed by atoms with Gasteiger partial charge in [0, 0.05) is 0 Å². The zero-order valence-corrected chi connectivity index (χ0v) is 23.7. The van der Waals surface area contributed by atoms with Crippen LogP contribution in [0.15, 0.2) is 12.2 Å². The predicted octanol–water partition coefficient (Wildman–Crippen LogP) is 12.9. The summed E-state index contributed by atoms with van der Waals surface area (Å²) in [5, 5.41) is 0. The summed E-state index contributed by atoms with van der Waals surface area (Å²) in [5.74, 6) is 0. The third kappa shape index (κ3) is 31.7. The minimum Gasteiger partial charge on any atom is -0.0885 e. The number of unbranched alkanes of at least 4 members (excludes halogenated alkanes) is 27. The average Bonchev–Trinajstić information content (AvgIpc) is 2.83. The van der Waals surface area contributed by atoms with Crippen LogP contribution in [0.1, 0.15) is 200 Å². The van der Waals surface area contributed by atoms with Crippen LogP contribution in [0.4, 0.5) is 0 Å². The van der Waals surface area contributed by atoms with E-state index in [0.29, 0.717) is 0 Å². The van der Waals surface area contributed by atoms with Crippen molar-refractivity contribution in [2.24, 2.45) is 0 Å². The van der Waals surface area contributed by atoms with Crippen LogP contribution in [0.25, 0.3) is 0 Å². The molecule has 0 spiro atoms. The van der Waals surface area contributed by atoms with Gasteiger partial charge in [-0.25, -0.2) is 0 Å². The fraction of sp³-hybridized carbons (Fsp3) is 0.939. The summed E-state index contributed by atoms with van der Waals surface area (Å²) in [4.78, 5) is 0. The van der Waals surface area contributed by atoms with E-state index in [-0.39, 0.29) is 0 Å². The van der Waals surface area contributed by atoms with E-state index in [0.717, 1.165) is 0 Å². The summed E-state index contributed by atoms with van der Waals surface area (Å²) >= 11 is 0. The van der Waals surface area contributed by atoms with Gasteiger partial charge < -0.3 is 0 Å². The highest BCUT2D eigenvalue weighted by molar-refractivity contribution is 4.81. The van der Waals surface area contributed by atoms with Crippen molar-refractivity contribution in [3.8, 4) is 0 Å². The molecule has 0 saturated carbocycles. The van der Waals surface area contributed by atoms with Crippen molar-refractivity contribution in [3.05, 3.63) is 12.2 Å². The number of rotatable bonds is 29. The molecule has 0 fully saturated rings. The molecule has 0 radical (unpaired) electrons. The molecule has 0 rings (SSSR count). The van der Waals surface area contributed by atoms with E-state index in [1.54, 1.807) is 0 Å². The van der Waals surface area contributed by atoms with Crippen LogP contribution in [0, 0.1) is 0 Å². The Morgan fingerprint density at radius 3 is 0.636 bits per heavy atom. The lowest BCUT2D eigenvalue weighted by molar-refractivity contribution is 0.536. The minimum absolute atomic E-state index is 1.32. The first-order valence-corrected chi connectivity index (χ1v) is 16.1. The fourth-order valence-corrected chi connectivity index (χ4v) is 4.97. The van der Waals surface area contributed by atoms with E-state index >= 15 is 0 Å². The maximum atomic E-state index is 2.46. The highest BCUT2D eigenvalue weighted by Crippen LogP contribution is 2.15. The monoisotopic (exact) mass is 463 g/mol. The summed E-state index contributed by atoms with van der Waals surface area (Å²) in [5.41, 5.74) is 0. The molecule has 0 amide bonds. The lowest BCUT2D eigenvalue weighted by Gasteiger charge is -2.03. The Bertz CT molecular complexity index is 342. The van der Waals surface area contributed by atoms with Crippen LogP contribution in [-0.4, -0.2) is 0 Å². The van der Waals surface area contributed by atoms with Crippen LogP contribution in [-0.2, 0) is 0 Å². The molecule has 0 saturated heterocycles. The second-order valence-corrected chi connectivity index (χ2v) is 10.9. The van der Waals surface area contributed by atoms with Gasteiger partial charge in [0.1, 0.15) is 0 Å².